The van der Waals surface area contributed by atoms with E-state index in [0.717, 1.165) is 17.9 Å². The summed E-state index contributed by atoms with van der Waals surface area (Å²) in [7, 11) is 0. The Bertz CT molecular complexity index is 337. The van der Waals surface area contributed by atoms with E-state index in [1.165, 1.54) is 0 Å². The Morgan fingerprint density at radius 3 is 2.56 bits per heavy atom. The van der Waals surface area contributed by atoms with Gasteiger partial charge in [0.05, 0.1) is 0 Å². The summed E-state index contributed by atoms with van der Waals surface area (Å²) in [4.78, 5) is 8.41. The average Bonchev–Trinajstić information content (AvgIpc) is 2.24. The predicted octanol–water partition coefficient (Wildman–Crippen LogP) is 1.92. The topological polar surface area (TPSA) is 75.9 Å². The zero-order valence-corrected chi connectivity index (χ0v) is 10.4. The van der Waals surface area contributed by atoms with E-state index >= 15 is 0 Å². The molecule has 1 rings (SSSR count). The van der Waals surface area contributed by atoms with Gasteiger partial charge in [0, 0.05) is 17.8 Å². The standard InChI is InChI=1S/C11H21N5/c1-5-9(7(2)3)14-10-6-8(4)13-11(15-10)16-12/h6-7,9H,5,12H2,1-4H3,(H2,13,14,15,16). The van der Waals surface area contributed by atoms with Crippen LogP contribution >= 0.6 is 0 Å². The maximum atomic E-state index is 5.31. The van der Waals surface area contributed by atoms with Gasteiger partial charge in [0.15, 0.2) is 0 Å². The van der Waals surface area contributed by atoms with E-state index in [9.17, 15) is 0 Å². The SMILES string of the molecule is CCC(Nc1cc(C)nc(NN)n1)C(C)C. The monoisotopic (exact) mass is 223 g/mol. The van der Waals surface area contributed by atoms with Crippen LogP contribution in [0.25, 0.3) is 0 Å². The fourth-order valence-corrected chi connectivity index (χ4v) is 1.64. The van der Waals surface area contributed by atoms with Gasteiger partial charge < -0.3 is 5.32 Å². The molecule has 0 aliphatic heterocycles. The molecular formula is C11H21N5. The Balaban J connectivity index is 2.83. The molecule has 16 heavy (non-hydrogen) atoms. The second kappa shape index (κ2) is 5.65. The van der Waals surface area contributed by atoms with Crippen molar-refractivity contribution in [2.24, 2.45) is 11.8 Å². The van der Waals surface area contributed by atoms with E-state index in [1.54, 1.807) is 0 Å². The van der Waals surface area contributed by atoms with Crippen LogP contribution in [0.3, 0.4) is 0 Å². The molecule has 1 heterocycles. The van der Waals surface area contributed by atoms with Crippen molar-refractivity contribution >= 4 is 11.8 Å². The van der Waals surface area contributed by atoms with E-state index in [2.05, 4.69) is 41.5 Å². The number of hydrazine groups is 1. The summed E-state index contributed by atoms with van der Waals surface area (Å²) < 4.78 is 0. The highest BCUT2D eigenvalue weighted by Gasteiger charge is 2.11. The third-order valence-corrected chi connectivity index (χ3v) is 2.56. The van der Waals surface area contributed by atoms with Gasteiger partial charge in [-0.15, -0.1) is 0 Å². The number of aromatic nitrogens is 2. The highest BCUT2D eigenvalue weighted by atomic mass is 15.3. The largest absolute Gasteiger partial charge is 0.367 e. The van der Waals surface area contributed by atoms with E-state index in [0.29, 0.717) is 17.9 Å². The minimum absolute atomic E-state index is 0.417. The molecule has 0 spiro atoms. The number of nitrogens with one attached hydrogen (secondary N) is 2. The van der Waals surface area contributed by atoms with Gasteiger partial charge in [0.1, 0.15) is 5.82 Å². The van der Waals surface area contributed by atoms with Crippen molar-refractivity contribution in [1.29, 1.82) is 0 Å². The highest BCUT2D eigenvalue weighted by Crippen LogP contribution is 2.15. The van der Waals surface area contributed by atoms with Gasteiger partial charge in [0.2, 0.25) is 5.95 Å². The second-order valence-corrected chi connectivity index (χ2v) is 4.27. The van der Waals surface area contributed by atoms with Crippen LogP contribution in [-0.2, 0) is 0 Å². The molecule has 1 aromatic rings. The lowest BCUT2D eigenvalue weighted by Gasteiger charge is -2.21. The van der Waals surface area contributed by atoms with Gasteiger partial charge in [-0.3, -0.25) is 5.43 Å². The summed E-state index contributed by atoms with van der Waals surface area (Å²) in [6.45, 7) is 8.46. The molecule has 5 nitrogen and oxygen atoms in total. The van der Waals surface area contributed by atoms with Crippen LogP contribution in [0.2, 0.25) is 0 Å². The average molecular weight is 223 g/mol. The molecule has 0 aliphatic carbocycles. The molecule has 4 N–H and O–H groups in total. The zero-order valence-electron chi connectivity index (χ0n) is 10.4. The number of anilines is 2. The Hall–Kier alpha value is -1.36. The number of nitrogen functional groups attached to an aromatic ring is 1. The minimum Gasteiger partial charge on any atom is -0.367 e. The molecule has 1 aromatic heterocycles. The summed E-state index contributed by atoms with van der Waals surface area (Å²) in [5.74, 6) is 7.14. The molecule has 0 saturated heterocycles. The molecule has 0 fully saturated rings. The van der Waals surface area contributed by atoms with Crippen molar-refractivity contribution in [3.05, 3.63) is 11.8 Å². The molecule has 5 heteroatoms. The Kier molecular flexibility index (Phi) is 4.49. The number of hydrogen-bond acceptors (Lipinski definition) is 5. The summed E-state index contributed by atoms with van der Waals surface area (Å²) in [6.07, 6.45) is 1.06. The molecule has 1 unspecified atom stereocenters. The van der Waals surface area contributed by atoms with Gasteiger partial charge in [-0.1, -0.05) is 20.8 Å². The summed E-state index contributed by atoms with van der Waals surface area (Å²) in [6, 6.07) is 2.34. The van der Waals surface area contributed by atoms with Gasteiger partial charge in [-0.25, -0.2) is 10.8 Å². The maximum absolute atomic E-state index is 5.31. The smallest absolute Gasteiger partial charge is 0.239 e. The van der Waals surface area contributed by atoms with E-state index in [-0.39, 0.29) is 0 Å². The first-order valence-corrected chi connectivity index (χ1v) is 5.65. The zero-order chi connectivity index (χ0) is 12.1. The molecule has 0 saturated carbocycles. The first-order chi connectivity index (χ1) is 7.56. The quantitative estimate of drug-likeness (QED) is 0.525. The van der Waals surface area contributed by atoms with Crippen molar-refractivity contribution in [3.63, 3.8) is 0 Å². The third-order valence-electron chi connectivity index (χ3n) is 2.56. The van der Waals surface area contributed by atoms with Crippen molar-refractivity contribution in [3.8, 4) is 0 Å². The highest BCUT2D eigenvalue weighted by molar-refractivity contribution is 5.42. The molecule has 0 aliphatic rings. The normalized spacial score (nSPS) is 12.6. The summed E-state index contributed by atoms with van der Waals surface area (Å²) in [5, 5.41) is 3.40. The fraction of sp³-hybridized carbons (Fsp3) is 0.636. The molecule has 90 valence electrons. The molecule has 0 radical (unpaired) electrons. The van der Waals surface area contributed by atoms with Crippen molar-refractivity contribution in [1.82, 2.24) is 9.97 Å². The van der Waals surface area contributed by atoms with Gasteiger partial charge in [-0.2, -0.15) is 4.98 Å². The van der Waals surface area contributed by atoms with Crippen LogP contribution in [0.4, 0.5) is 11.8 Å². The van der Waals surface area contributed by atoms with E-state index < -0.39 is 0 Å². The van der Waals surface area contributed by atoms with Gasteiger partial charge in [-0.05, 0) is 19.3 Å². The Morgan fingerprint density at radius 1 is 1.38 bits per heavy atom. The summed E-state index contributed by atoms with van der Waals surface area (Å²) >= 11 is 0. The fourth-order valence-electron chi connectivity index (χ4n) is 1.64. The molecule has 1 atom stereocenters. The Morgan fingerprint density at radius 2 is 2.06 bits per heavy atom. The van der Waals surface area contributed by atoms with E-state index in [1.807, 2.05) is 13.0 Å². The van der Waals surface area contributed by atoms with Crippen molar-refractivity contribution in [2.45, 2.75) is 40.2 Å². The van der Waals surface area contributed by atoms with Crippen LogP contribution in [0.1, 0.15) is 32.9 Å². The first-order valence-electron chi connectivity index (χ1n) is 5.65. The lowest BCUT2D eigenvalue weighted by Crippen LogP contribution is -2.25. The predicted molar refractivity (Wildman–Crippen MR) is 67.1 cm³/mol. The van der Waals surface area contributed by atoms with E-state index in [4.69, 9.17) is 5.84 Å². The molecule has 0 aromatic carbocycles. The number of aryl methyl sites for hydroxylation is 1. The lowest BCUT2D eigenvalue weighted by molar-refractivity contribution is 0.509. The number of nitrogens with zero attached hydrogens (tertiary/aromatic N) is 2. The second-order valence-electron chi connectivity index (χ2n) is 4.27. The number of rotatable bonds is 5. The van der Waals surface area contributed by atoms with Crippen molar-refractivity contribution in [2.75, 3.05) is 10.7 Å². The van der Waals surface area contributed by atoms with Crippen molar-refractivity contribution < 1.29 is 0 Å². The van der Waals surface area contributed by atoms with Crippen LogP contribution in [0.5, 0.6) is 0 Å². The minimum atomic E-state index is 0.417. The lowest BCUT2D eigenvalue weighted by atomic mass is 10.0. The molecule has 0 amide bonds. The maximum Gasteiger partial charge on any atom is 0.239 e. The van der Waals surface area contributed by atoms with Crippen LogP contribution < -0.4 is 16.6 Å². The van der Waals surface area contributed by atoms with Gasteiger partial charge in [0.25, 0.3) is 0 Å². The third kappa shape index (κ3) is 3.34. The van der Waals surface area contributed by atoms with Gasteiger partial charge >= 0.3 is 0 Å². The number of hydrogen-bond donors (Lipinski definition) is 3. The molecule has 0 bridgehead atoms. The van der Waals surface area contributed by atoms with Crippen LogP contribution in [0.15, 0.2) is 6.07 Å². The molecular weight excluding hydrogens is 202 g/mol. The van der Waals surface area contributed by atoms with Crippen LogP contribution in [-0.4, -0.2) is 16.0 Å². The summed E-state index contributed by atoms with van der Waals surface area (Å²) in [5.41, 5.74) is 3.36. The Labute approximate surface area is 96.8 Å². The first kappa shape index (κ1) is 12.7. The number of nitrogens with two attached hydrogens (primary N) is 1. The van der Waals surface area contributed by atoms with Crippen LogP contribution in [0, 0.1) is 12.8 Å².